The van der Waals surface area contributed by atoms with E-state index in [0.29, 0.717) is 5.56 Å². The van der Waals surface area contributed by atoms with Crippen LogP contribution in [0.2, 0.25) is 0 Å². The molecule has 1 aromatic carbocycles. The second-order valence-corrected chi connectivity index (χ2v) is 4.13. The largest absolute Gasteiger partial charge is 1.00 e. The Balaban J connectivity index is 0.00000220. The van der Waals surface area contributed by atoms with Gasteiger partial charge in [-0.2, -0.15) is 5.26 Å². The molecule has 0 unspecified atom stereocenters. The Bertz CT molecular complexity index is 641. The molecular formula is C13H9BF3KN2O. The molecule has 0 amide bonds. The summed E-state index contributed by atoms with van der Waals surface area (Å²) in [7, 11) is 0. The van der Waals surface area contributed by atoms with Gasteiger partial charge < -0.3 is 17.7 Å². The Morgan fingerprint density at radius 3 is 2.38 bits per heavy atom. The van der Waals surface area contributed by atoms with E-state index in [1.807, 2.05) is 6.07 Å². The van der Waals surface area contributed by atoms with Gasteiger partial charge in [0.1, 0.15) is 12.4 Å². The third-order valence-electron chi connectivity index (χ3n) is 2.60. The zero-order chi connectivity index (χ0) is 14.6. The van der Waals surface area contributed by atoms with Gasteiger partial charge in [0.2, 0.25) is 0 Å². The summed E-state index contributed by atoms with van der Waals surface area (Å²) in [6.07, 6.45) is 2.00. The molecule has 8 heteroatoms. The number of aromatic nitrogens is 1. The fraction of sp³-hybridized carbons (Fsp3) is 0.0769. The molecule has 0 spiro atoms. The van der Waals surface area contributed by atoms with Gasteiger partial charge in [-0.05, 0) is 23.8 Å². The zero-order valence-electron chi connectivity index (χ0n) is 11.3. The monoisotopic (exact) mass is 316 g/mol. The van der Waals surface area contributed by atoms with E-state index in [1.54, 1.807) is 24.3 Å². The van der Waals surface area contributed by atoms with Crippen LogP contribution in [0.15, 0.2) is 42.7 Å². The number of halogens is 3. The van der Waals surface area contributed by atoms with Crippen molar-refractivity contribution in [1.82, 2.24) is 4.98 Å². The molecule has 0 aliphatic carbocycles. The molecule has 0 saturated heterocycles. The first-order valence-electron chi connectivity index (χ1n) is 5.76. The normalized spacial score (nSPS) is 10.4. The number of nitrogens with zero attached hydrogens (tertiary/aromatic N) is 2. The molecule has 0 N–H and O–H groups in total. The van der Waals surface area contributed by atoms with Crippen LogP contribution in [-0.2, 0) is 6.61 Å². The van der Waals surface area contributed by atoms with Gasteiger partial charge in [0.25, 0.3) is 0 Å². The van der Waals surface area contributed by atoms with Crippen molar-refractivity contribution in [2.75, 3.05) is 0 Å². The topological polar surface area (TPSA) is 45.9 Å². The molecule has 3 nitrogen and oxygen atoms in total. The summed E-state index contributed by atoms with van der Waals surface area (Å²) in [6.45, 7) is -4.97. The van der Waals surface area contributed by atoms with Gasteiger partial charge in [-0.25, -0.2) is 0 Å². The number of rotatable bonds is 4. The van der Waals surface area contributed by atoms with Crippen LogP contribution in [0.25, 0.3) is 0 Å². The van der Waals surface area contributed by atoms with Crippen LogP contribution in [0.3, 0.4) is 0 Å². The third-order valence-corrected chi connectivity index (χ3v) is 2.60. The number of benzene rings is 1. The standard InChI is InChI=1S/C13H9BF3N2O.K/c15-14(16,17)12-5-13(8-19-7-12)20-9-11-3-1-10(6-18)2-4-11;/h1-5,7-8H,9H2;/q-1;+1. The molecule has 0 aliphatic heterocycles. The number of pyridine rings is 1. The van der Waals surface area contributed by atoms with Crippen molar-refractivity contribution in [1.29, 1.82) is 5.26 Å². The number of nitriles is 1. The SMILES string of the molecule is N#Cc1ccc(COc2cncc([B-](F)(F)F)c2)cc1.[K+]. The first-order chi connectivity index (χ1) is 9.49. The molecule has 102 valence electrons. The fourth-order valence-electron chi connectivity index (χ4n) is 1.54. The molecule has 1 heterocycles. The van der Waals surface area contributed by atoms with Gasteiger partial charge in [0, 0.05) is 6.20 Å². The Hall–Kier alpha value is -0.849. The van der Waals surface area contributed by atoms with Gasteiger partial charge in [0.15, 0.2) is 0 Å². The van der Waals surface area contributed by atoms with E-state index in [9.17, 15) is 12.9 Å². The third kappa shape index (κ3) is 5.45. The minimum Gasteiger partial charge on any atom is -0.487 e. The van der Waals surface area contributed by atoms with E-state index in [0.717, 1.165) is 17.8 Å². The second kappa shape index (κ2) is 7.96. The maximum absolute atomic E-state index is 12.6. The van der Waals surface area contributed by atoms with Crippen LogP contribution in [0.4, 0.5) is 12.9 Å². The van der Waals surface area contributed by atoms with Crippen molar-refractivity contribution in [2.24, 2.45) is 0 Å². The smallest absolute Gasteiger partial charge is 0.487 e. The maximum atomic E-state index is 12.6. The first-order valence-corrected chi connectivity index (χ1v) is 5.76. The predicted molar refractivity (Wildman–Crippen MR) is 68.4 cm³/mol. The van der Waals surface area contributed by atoms with Gasteiger partial charge in [-0.15, -0.1) is 0 Å². The summed E-state index contributed by atoms with van der Waals surface area (Å²) in [4.78, 5) is 3.52. The number of hydrogen-bond acceptors (Lipinski definition) is 3. The Morgan fingerprint density at radius 2 is 1.81 bits per heavy atom. The van der Waals surface area contributed by atoms with Crippen LogP contribution < -0.4 is 61.6 Å². The Kier molecular flexibility index (Phi) is 6.90. The molecule has 2 aromatic rings. The molecule has 2 rings (SSSR count). The molecule has 0 bridgehead atoms. The minimum absolute atomic E-state index is 0. The number of hydrogen-bond donors (Lipinski definition) is 0. The van der Waals surface area contributed by atoms with Gasteiger partial charge in [0.05, 0.1) is 17.8 Å². The van der Waals surface area contributed by atoms with E-state index in [-0.39, 0.29) is 63.7 Å². The van der Waals surface area contributed by atoms with Crippen LogP contribution in [-0.4, -0.2) is 12.0 Å². The predicted octanol–water partition coefficient (Wildman–Crippen LogP) is -0.409. The quantitative estimate of drug-likeness (QED) is 0.721. The zero-order valence-corrected chi connectivity index (χ0v) is 14.4. The molecule has 0 fully saturated rings. The van der Waals surface area contributed by atoms with E-state index < -0.39 is 12.4 Å². The summed E-state index contributed by atoms with van der Waals surface area (Å²) >= 11 is 0. The van der Waals surface area contributed by atoms with Crippen molar-refractivity contribution in [3.05, 3.63) is 53.9 Å². The first kappa shape index (κ1) is 18.2. The molecular weight excluding hydrogens is 307 g/mol. The molecule has 0 radical (unpaired) electrons. The van der Waals surface area contributed by atoms with E-state index in [4.69, 9.17) is 10.00 Å². The average Bonchev–Trinajstić information content (AvgIpc) is 2.45. The van der Waals surface area contributed by atoms with Crippen molar-refractivity contribution >= 4 is 12.4 Å². The summed E-state index contributed by atoms with van der Waals surface area (Å²) < 4.78 is 42.9. The maximum Gasteiger partial charge on any atom is 1.00 e. The van der Waals surface area contributed by atoms with Crippen molar-refractivity contribution in [2.45, 2.75) is 6.61 Å². The Labute approximate surface area is 162 Å². The van der Waals surface area contributed by atoms with Crippen molar-refractivity contribution < 1.29 is 69.1 Å². The molecule has 0 atom stereocenters. The summed E-state index contributed by atoms with van der Waals surface area (Å²) in [6, 6.07) is 9.51. The fourth-order valence-corrected chi connectivity index (χ4v) is 1.54. The average molecular weight is 316 g/mol. The van der Waals surface area contributed by atoms with Crippen LogP contribution in [0.5, 0.6) is 5.75 Å². The molecule has 0 aliphatic rings. The van der Waals surface area contributed by atoms with Crippen molar-refractivity contribution in [3.8, 4) is 11.8 Å². The molecule has 21 heavy (non-hydrogen) atoms. The second-order valence-electron chi connectivity index (χ2n) is 4.13. The van der Waals surface area contributed by atoms with Crippen LogP contribution in [0.1, 0.15) is 11.1 Å². The minimum atomic E-state index is -5.08. The van der Waals surface area contributed by atoms with Crippen molar-refractivity contribution in [3.63, 3.8) is 0 Å². The number of ether oxygens (including phenoxy) is 1. The Morgan fingerprint density at radius 1 is 1.14 bits per heavy atom. The molecule has 1 aromatic heterocycles. The van der Waals surface area contributed by atoms with Crippen LogP contribution in [0, 0.1) is 11.3 Å². The van der Waals surface area contributed by atoms with Crippen LogP contribution >= 0.6 is 0 Å². The van der Waals surface area contributed by atoms with Gasteiger partial charge in [-0.1, -0.05) is 17.6 Å². The summed E-state index contributed by atoms with van der Waals surface area (Å²) in [5, 5.41) is 8.65. The van der Waals surface area contributed by atoms with E-state index in [2.05, 4.69) is 4.98 Å². The van der Waals surface area contributed by atoms with E-state index >= 15 is 0 Å². The summed E-state index contributed by atoms with van der Waals surface area (Å²) in [5.74, 6) is 0.0612. The summed E-state index contributed by atoms with van der Waals surface area (Å²) in [5.41, 5.74) is 0.478. The van der Waals surface area contributed by atoms with Gasteiger partial charge >= 0.3 is 58.4 Å². The van der Waals surface area contributed by atoms with Gasteiger partial charge in [-0.3, -0.25) is 4.98 Å². The van der Waals surface area contributed by atoms with E-state index in [1.165, 1.54) is 6.20 Å². The molecule has 0 saturated carbocycles.